The van der Waals surface area contributed by atoms with Crippen LogP contribution in [0, 0.1) is 0 Å². The van der Waals surface area contributed by atoms with Crippen molar-refractivity contribution in [3.05, 3.63) is 46.6 Å². The topological polar surface area (TPSA) is 26.3 Å². The number of ether oxygens (including phenoxy) is 1. The van der Waals surface area contributed by atoms with E-state index in [-0.39, 0.29) is 5.43 Å². The van der Waals surface area contributed by atoms with Crippen molar-refractivity contribution in [3.8, 4) is 5.75 Å². The average Bonchev–Trinajstić information content (AvgIpc) is 2.26. The van der Waals surface area contributed by atoms with Gasteiger partial charge in [-0.05, 0) is 6.07 Å². The Balaban J connectivity index is 3.50. The van der Waals surface area contributed by atoms with E-state index in [0.717, 1.165) is 0 Å². The Morgan fingerprint density at radius 2 is 2.08 bits per heavy atom. The van der Waals surface area contributed by atoms with Gasteiger partial charge in [0.1, 0.15) is 0 Å². The van der Waals surface area contributed by atoms with Crippen LogP contribution in [0.4, 0.5) is 0 Å². The highest BCUT2D eigenvalue weighted by Crippen LogP contribution is 2.11. The van der Waals surface area contributed by atoms with Crippen LogP contribution in [0.15, 0.2) is 35.6 Å². The molecule has 1 aromatic rings. The smallest absolute Gasteiger partial charge is 0.220 e. The van der Waals surface area contributed by atoms with Gasteiger partial charge in [0.15, 0.2) is 5.75 Å². The van der Waals surface area contributed by atoms with Crippen LogP contribution in [0.25, 0.3) is 6.08 Å². The van der Waals surface area contributed by atoms with E-state index < -0.39 is 0 Å². The van der Waals surface area contributed by atoms with Crippen LogP contribution in [-0.2, 0) is 0 Å². The molecule has 0 amide bonds. The van der Waals surface area contributed by atoms with Crippen LogP contribution in [-0.4, -0.2) is 7.11 Å². The third-order valence-corrected chi connectivity index (χ3v) is 1.54. The molecule has 1 aromatic carbocycles. The lowest BCUT2D eigenvalue weighted by atomic mass is 10.2. The Morgan fingerprint density at radius 1 is 1.42 bits per heavy atom. The van der Waals surface area contributed by atoms with Crippen molar-refractivity contribution in [1.82, 2.24) is 0 Å². The van der Waals surface area contributed by atoms with E-state index in [1.54, 1.807) is 24.3 Å². The lowest BCUT2D eigenvalue weighted by Gasteiger charge is -1.97. The van der Waals surface area contributed by atoms with Crippen LogP contribution in [0.1, 0.15) is 5.56 Å². The predicted octanol–water partition coefficient (Wildman–Crippen LogP) is 1.70. The molecule has 0 aliphatic carbocycles. The molecule has 0 bridgehead atoms. The molecule has 0 fully saturated rings. The van der Waals surface area contributed by atoms with Gasteiger partial charge in [0.25, 0.3) is 0 Å². The number of methoxy groups -OCH3 is 1. The third-order valence-electron chi connectivity index (χ3n) is 1.54. The number of hydrogen-bond acceptors (Lipinski definition) is 2. The quantitative estimate of drug-likeness (QED) is 0.661. The van der Waals surface area contributed by atoms with Crippen molar-refractivity contribution in [1.29, 1.82) is 0 Å². The molecule has 0 aromatic heterocycles. The molecule has 0 saturated carbocycles. The first-order valence-corrected chi connectivity index (χ1v) is 3.59. The van der Waals surface area contributed by atoms with E-state index >= 15 is 0 Å². The monoisotopic (exact) mass is 162 g/mol. The predicted molar refractivity (Wildman–Crippen MR) is 49.4 cm³/mol. The Kier molecular flexibility index (Phi) is 2.64. The van der Waals surface area contributed by atoms with Crippen molar-refractivity contribution >= 4 is 6.08 Å². The molecule has 62 valence electrons. The fourth-order valence-electron chi connectivity index (χ4n) is 0.975. The molecule has 0 aliphatic heterocycles. The van der Waals surface area contributed by atoms with Gasteiger partial charge < -0.3 is 4.74 Å². The van der Waals surface area contributed by atoms with Crippen molar-refractivity contribution in [2.45, 2.75) is 0 Å². The summed E-state index contributed by atoms with van der Waals surface area (Å²) in [4.78, 5) is 11.3. The van der Waals surface area contributed by atoms with Crippen molar-refractivity contribution in [3.63, 3.8) is 0 Å². The van der Waals surface area contributed by atoms with Gasteiger partial charge >= 0.3 is 0 Å². The van der Waals surface area contributed by atoms with Gasteiger partial charge in [0.2, 0.25) is 5.43 Å². The van der Waals surface area contributed by atoms with Gasteiger partial charge in [-0.25, -0.2) is 0 Å². The maximum absolute atomic E-state index is 11.3. The molecule has 2 nitrogen and oxygen atoms in total. The van der Waals surface area contributed by atoms with Gasteiger partial charge in [-0.3, -0.25) is 4.79 Å². The van der Waals surface area contributed by atoms with Gasteiger partial charge in [-0.15, -0.1) is 0 Å². The maximum atomic E-state index is 11.3. The Bertz CT molecular complexity index is 342. The fourth-order valence-corrected chi connectivity index (χ4v) is 0.975. The Hall–Kier alpha value is -1.57. The summed E-state index contributed by atoms with van der Waals surface area (Å²) < 4.78 is 4.94. The van der Waals surface area contributed by atoms with Crippen LogP contribution >= 0.6 is 0 Å². The van der Waals surface area contributed by atoms with Crippen molar-refractivity contribution in [2.75, 3.05) is 7.11 Å². The second kappa shape index (κ2) is 3.72. The minimum atomic E-state index is -0.127. The summed E-state index contributed by atoms with van der Waals surface area (Å²) in [6, 6.07) is 6.71. The first kappa shape index (κ1) is 8.53. The summed E-state index contributed by atoms with van der Waals surface area (Å²) in [5.74, 6) is 0.343. The van der Waals surface area contributed by atoms with Crippen LogP contribution in [0.5, 0.6) is 5.75 Å². The molecule has 0 atom stereocenters. The van der Waals surface area contributed by atoms with E-state index in [1.165, 1.54) is 13.2 Å². The van der Waals surface area contributed by atoms with Crippen LogP contribution in [0.2, 0.25) is 0 Å². The summed E-state index contributed by atoms with van der Waals surface area (Å²) in [5, 5.41) is 0. The van der Waals surface area contributed by atoms with Crippen LogP contribution < -0.4 is 10.2 Å². The SMILES string of the molecule is C=Cc1ccccc(=O)c1OC. The normalized spacial score (nSPS) is 9.08. The van der Waals surface area contributed by atoms with E-state index in [4.69, 9.17) is 4.74 Å². The van der Waals surface area contributed by atoms with E-state index in [0.29, 0.717) is 11.3 Å². The number of rotatable bonds is 2. The van der Waals surface area contributed by atoms with Crippen molar-refractivity contribution < 1.29 is 4.74 Å². The van der Waals surface area contributed by atoms with Gasteiger partial charge in [0, 0.05) is 5.56 Å². The second-order valence-electron chi connectivity index (χ2n) is 2.28. The average molecular weight is 162 g/mol. The highest BCUT2D eigenvalue weighted by Gasteiger charge is 1.99. The first-order valence-electron chi connectivity index (χ1n) is 3.59. The molecular formula is C10H10O2. The first-order chi connectivity index (χ1) is 5.79. The lowest BCUT2D eigenvalue weighted by molar-refractivity contribution is 0.410. The fraction of sp³-hybridized carbons (Fsp3) is 0.100. The van der Waals surface area contributed by atoms with E-state index in [9.17, 15) is 4.79 Å². The summed E-state index contributed by atoms with van der Waals surface area (Å²) >= 11 is 0. The zero-order valence-electron chi connectivity index (χ0n) is 6.91. The molecule has 0 N–H and O–H groups in total. The van der Waals surface area contributed by atoms with E-state index in [1.807, 2.05) is 0 Å². The second-order valence-corrected chi connectivity index (χ2v) is 2.28. The summed E-state index contributed by atoms with van der Waals surface area (Å²) in [7, 11) is 1.48. The highest BCUT2D eigenvalue weighted by molar-refractivity contribution is 5.54. The molecule has 0 aliphatic rings. The minimum absolute atomic E-state index is 0.127. The van der Waals surface area contributed by atoms with Gasteiger partial charge in [-0.1, -0.05) is 30.9 Å². The molecule has 2 heteroatoms. The summed E-state index contributed by atoms with van der Waals surface area (Å²) in [6.45, 7) is 3.59. The molecule has 0 heterocycles. The summed E-state index contributed by atoms with van der Waals surface area (Å²) in [5.41, 5.74) is 0.588. The molecule has 0 radical (unpaired) electrons. The minimum Gasteiger partial charge on any atom is -0.492 e. The maximum Gasteiger partial charge on any atom is 0.220 e. The molecule has 12 heavy (non-hydrogen) atoms. The van der Waals surface area contributed by atoms with Gasteiger partial charge in [0.05, 0.1) is 7.11 Å². The molecule has 0 saturated heterocycles. The Morgan fingerprint density at radius 3 is 2.67 bits per heavy atom. The standard InChI is InChI=1S/C10H10O2/c1-3-8-6-4-5-7-9(11)10(8)12-2/h3-7H,1H2,2H3. The molecule has 1 rings (SSSR count). The summed E-state index contributed by atoms with van der Waals surface area (Å²) in [6.07, 6.45) is 1.60. The number of hydrogen-bond donors (Lipinski definition) is 0. The zero-order valence-corrected chi connectivity index (χ0v) is 6.91. The van der Waals surface area contributed by atoms with Crippen LogP contribution in [0.3, 0.4) is 0 Å². The molecule has 0 unspecified atom stereocenters. The Labute approximate surface area is 71.1 Å². The zero-order chi connectivity index (χ0) is 8.97. The van der Waals surface area contributed by atoms with E-state index in [2.05, 4.69) is 6.58 Å². The van der Waals surface area contributed by atoms with Gasteiger partial charge in [-0.2, -0.15) is 0 Å². The largest absolute Gasteiger partial charge is 0.492 e. The highest BCUT2D eigenvalue weighted by atomic mass is 16.5. The third kappa shape index (κ3) is 1.53. The van der Waals surface area contributed by atoms with Crippen molar-refractivity contribution in [2.24, 2.45) is 0 Å². The molecular weight excluding hydrogens is 152 g/mol. The molecule has 0 spiro atoms. The lowest BCUT2D eigenvalue weighted by Crippen LogP contribution is -2.01.